The monoisotopic (exact) mass is 190 g/mol. The largest absolute Gasteiger partial charge is 0.316 e. The molecule has 4 nitrogen and oxygen atoms in total. The summed E-state index contributed by atoms with van der Waals surface area (Å²) in [5, 5.41) is 9.84. The summed E-state index contributed by atoms with van der Waals surface area (Å²) in [5.41, 5.74) is 0. The van der Waals surface area contributed by atoms with Crippen molar-refractivity contribution in [1.29, 1.82) is 0 Å². The van der Waals surface area contributed by atoms with E-state index in [2.05, 4.69) is 34.8 Å². The van der Waals surface area contributed by atoms with Crippen molar-refractivity contribution in [3.63, 3.8) is 0 Å². The summed E-state index contributed by atoms with van der Waals surface area (Å²) in [6.07, 6.45) is 0. The van der Waals surface area contributed by atoms with E-state index in [0.29, 0.717) is 6.04 Å². The quantitative estimate of drug-likeness (QED) is 0.288. The van der Waals surface area contributed by atoms with E-state index in [1.807, 2.05) is 14.1 Å². The van der Waals surface area contributed by atoms with E-state index in [4.69, 9.17) is 0 Å². The first kappa shape index (κ1) is 12.1. The van der Waals surface area contributed by atoms with E-state index in [9.17, 15) is 0 Å². The minimum atomic E-state index is -0.144. The zero-order valence-electron chi connectivity index (χ0n) is 8.78. The van der Waals surface area contributed by atoms with E-state index < -0.39 is 0 Å². The van der Waals surface area contributed by atoms with Crippen LogP contribution in [0, 0.1) is 0 Å². The lowest BCUT2D eigenvalue weighted by molar-refractivity contribution is 0.231. The van der Waals surface area contributed by atoms with Crippen LogP contribution in [-0.4, -0.2) is 42.9 Å². The maximum atomic E-state index is 3.44. The maximum Gasteiger partial charge on any atom is 0.129 e. The van der Waals surface area contributed by atoms with Crippen LogP contribution in [0.25, 0.3) is 0 Å². The highest BCUT2D eigenvalue weighted by Gasteiger charge is 2.24. The van der Waals surface area contributed by atoms with E-state index in [-0.39, 0.29) is 5.79 Å². The highest BCUT2D eigenvalue weighted by Crippen LogP contribution is 1.93. The van der Waals surface area contributed by atoms with Crippen molar-refractivity contribution < 1.29 is 0 Å². The van der Waals surface area contributed by atoms with Crippen molar-refractivity contribution in [2.75, 3.05) is 20.6 Å². The summed E-state index contributed by atoms with van der Waals surface area (Å²) < 4.78 is 0. The molecule has 0 rings (SSSR count). The van der Waals surface area contributed by atoms with Crippen molar-refractivity contribution >= 4 is 10.4 Å². The zero-order chi connectivity index (χ0) is 9.61. The Kier molecular flexibility index (Phi) is 5.69. The first-order chi connectivity index (χ1) is 5.60. The van der Waals surface area contributed by atoms with E-state index in [1.54, 1.807) is 0 Å². The van der Waals surface area contributed by atoms with Crippen LogP contribution in [0.4, 0.5) is 0 Å². The molecule has 74 valence electrons. The standard InChI is InChI=1S/C7H22N4Si/c1-6(2)10-7(9-4,11-12)5-8-3/h6,8-11H,5H2,1-4,12H3. The van der Waals surface area contributed by atoms with Gasteiger partial charge in [-0.2, -0.15) is 0 Å². The predicted molar refractivity (Wildman–Crippen MR) is 57.1 cm³/mol. The average Bonchev–Trinajstić information content (AvgIpc) is 2.03. The summed E-state index contributed by atoms with van der Waals surface area (Å²) in [7, 11) is 4.87. The molecule has 4 N–H and O–H groups in total. The molecule has 0 aliphatic carbocycles. The molecular formula is C7H22N4Si. The van der Waals surface area contributed by atoms with Crippen LogP contribution in [0.3, 0.4) is 0 Å². The first-order valence-corrected chi connectivity index (χ1v) is 5.40. The molecule has 0 spiro atoms. The summed E-state index contributed by atoms with van der Waals surface area (Å²) in [6, 6.07) is 0.465. The van der Waals surface area contributed by atoms with Crippen molar-refractivity contribution in [3.05, 3.63) is 0 Å². The van der Waals surface area contributed by atoms with Gasteiger partial charge in [0, 0.05) is 12.6 Å². The Balaban J connectivity index is 4.13. The summed E-state index contributed by atoms with van der Waals surface area (Å²) >= 11 is 0. The Morgan fingerprint density at radius 2 is 1.92 bits per heavy atom. The highest BCUT2D eigenvalue weighted by molar-refractivity contribution is 6.04. The minimum absolute atomic E-state index is 0.144. The normalized spacial score (nSPS) is 16.8. The summed E-state index contributed by atoms with van der Waals surface area (Å²) in [6.45, 7) is 5.15. The second-order valence-corrected chi connectivity index (χ2v) is 3.73. The smallest absolute Gasteiger partial charge is 0.129 e. The van der Waals surface area contributed by atoms with Gasteiger partial charge in [-0.3, -0.25) is 10.6 Å². The first-order valence-electron chi connectivity index (χ1n) is 4.40. The Hall–Kier alpha value is 0.0569. The topological polar surface area (TPSA) is 48.1 Å². The molecule has 0 amide bonds. The maximum absolute atomic E-state index is 3.44. The van der Waals surface area contributed by atoms with E-state index in [0.717, 1.165) is 16.9 Å². The van der Waals surface area contributed by atoms with Gasteiger partial charge in [0.05, 0.1) is 10.4 Å². The van der Waals surface area contributed by atoms with Crippen molar-refractivity contribution in [2.45, 2.75) is 25.7 Å². The van der Waals surface area contributed by atoms with Crippen LogP contribution >= 0.6 is 0 Å². The van der Waals surface area contributed by atoms with Gasteiger partial charge in [0.2, 0.25) is 0 Å². The molecular weight excluding hydrogens is 168 g/mol. The fraction of sp³-hybridized carbons (Fsp3) is 1.00. The van der Waals surface area contributed by atoms with Crippen molar-refractivity contribution in [2.24, 2.45) is 0 Å². The van der Waals surface area contributed by atoms with E-state index >= 15 is 0 Å². The van der Waals surface area contributed by atoms with Crippen LogP contribution in [0.5, 0.6) is 0 Å². The third kappa shape index (κ3) is 3.64. The average molecular weight is 190 g/mol. The van der Waals surface area contributed by atoms with Gasteiger partial charge in [-0.25, -0.2) is 0 Å². The van der Waals surface area contributed by atoms with Gasteiger partial charge in [0.15, 0.2) is 0 Å². The Morgan fingerprint density at radius 1 is 1.33 bits per heavy atom. The van der Waals surface area contributed by atoms with Gasteiger partial charge in [-0.1, -0.05) is 0 Å². The van der Waals surface area contributed by atoms with Gasteiger partial charge in [0.25, 0.3) is 0 Å². The van der Waals surface area contributed by atoms with E-state index in [1.165, 1.54) is 0 Å². The van der Waals surface area contributed by atoms with Crippen molar-refractivity contribution in [3.8, 4) is 0 Å². The molecule has 0 aliphatic heterocycles. The van der Waals surface area contributed by atoms with Crippen molar-refractivity contribution in [1.82, 2.24) is 20.9 Å². The lowest BCUT2D eigenvalue weighted by atomic mass is 10.3. The van der Waals surface area contributed by atoms with Gasteiger partial charge >= 0.3 is 0 Å². The second-order valence-electron chi connectivity index (χ2n) is 3.23. The SMILES string of the molecule is CNCC(NC)(N[SiH3])NC(C)C. The fourth-order valence-electron chi connectivity index (χ4n) is 1.26. The molecule has 0 aromatic rings. The second kappa shape index (κ2) is 5.66. The number of hydrogen-bond acceptors (Lipinski definition) is 4. The number of rotatable bonds is 6. The number of hydrogen-bond donors (Lipinski definition) is 4. The molecule has 1 unspecified atom stereocenters. The third-order valence-corrected chi connectivity index (χ3v) is 2.68. The molecule has 5 heteroatoms. The molecule has 0 fully saturated rings. The molecule has 0 saturated heterocycles. The van der Waals surface area contributed by atoms with Crippen LogP contribution in [0.2, 0.25) is 0 Å². The number of nitrogens with one attached hydrogen (secondary N) is 4. The molecule has 0 aromatic carbocycles. The van der Waals surface area contributed by atoms with Gasteiger partial charge in [0.1, 0.15) is 5.79 Å². The molecule has 12 heavy (non-hydrogen) atoms. The molecule has 0 aliphatic rings. The molecule has 0 aromatic heterocycles. The summed E-state index contributed by atoms with van der Waals surface area (Å²) in [4.78, 5) is 3.35. The fourth-order valence-corrected chi connectivity index (χ4v) is 1.83. The highest BCUT2D eigenvalue weighted by atomic mass is 28.2. The predicted octanol–water partition coefficient (Wildman–Crippen LogP) is -2.05. The molecule has 1 atom stereocenters. The van der Waals surface area contributed by atoms with Crippen LogP contribution in [0.15, 0.2) is 0 Å². The number of likely N-dealkylation sites (N-methyl/N-ethyl adjacent to an activating group) is 2. The Labute approximate surface area is 78.4 Å². The molecule has 0 radical (unpaired) electrons. The van der Waals surface area contributed by atoms with Crippen LogP contribution in [0.1, 0.15) is 13.8 Å². The van der Waals surface area contributed by atoms with Gasteiger partial charge < -0.3 is 10.3 Å². The molecule has 0 saturated carbocycles. The van der Waals surface area contributed by atoms with Gasteiger partial charge in [-0.05, 0) is 27.9 Å². The lowest BCUT2D eigenvalue weighted by Gasteiger charge is -2.36. The lowest BCUT2D eigenvalue weighted by Crippen LogP contribution is -2.70. The Bertz CT molecular complexity index is 114. The Morgan fingerprint density at radius 3 is 2.17 bits per heavy atom. The zero-order valence-corrected chi connectivity index (χ0v) is 10.8. The molecule has 0 bridgehead atoms. The van der Waals surface area contributed by atoms with Crippen LogP contribution < -0.4 is 20.9 Å². The van der Waals surface area contributed by atoms with Gasteiger partial charge in [-0.15, -0.1) is 0 Å². The molecule has 0 heterocycles. The summed E-state index contributed by atoms with van der Waals surface area (Å²) in [5.74, 6) is -0.144. The van der Waals surface area contributed by atoms with Crippen LogP contribution in [-0.2, 0) is 0 Å². The minimum Gasteiger partial charge on any atom is -0.316 e. The third-order valence-electron chi connectivity index (χ3n) is 1.83.